The van der Waals surface area contributed by atoms with Crippen molar-refractivity contribution >= 4 is 23.7 Å². The molecule has 4 rings (SSSR count). The van der Waals surface area contributed by atoms with Crippen molar-refractivity contribution in [2.45, 2.75) is 31.2 Å². The summed E-state index contributed by atoms with van der Waals surface area (Å²) in [4.78, 5) is 43.4. The summed E-state index contributed by atoms with van der Waals surface area (Å²) in [5, 5.41) is 13.6. The second kappa shape index (κ2) is 11.8. The van der Waals surface area contributed by atoms with Gasteiger partial charge in [0.15, 0.2) is 17.3 Å². The average molecular weight is 583 g/mol. The second-order valence-electron chi connectivity index (χ2n) is 8.91. The number of hydrogen-bond acceptors (Lipinski definition) is 8. The monoisotopic (exact) mass is 583 g/mol. The van der Waals surface area contributed by atoms with Gasteiger partial charge in [0, 0.05) is 13.3 Å². The first-order valence-electron chi connectivity index (χ1n) is 11.8. The van der Waals surface area contributed by atoms with Crippen LogP contribution < -0.4 is 16.0 Å². The molecule has 0 bridgehead atoms. The molecule has 0 radical (unpaired) electrons. The number of anilines is 1. The van der Waals surface area contributed by atoms with Crippen LogP contribution in [-0.4, -0.2) is 70.5 Å². The highest BCUT2D eigenvalue weighted by Gasteiger charge is 2.48. The second-order valence-corrected chi connectivity index (χ2v) is 8.91. The van der Waals surface area contributed by atoms with Gasteiger partial charge in [0.1, 0.15) is 23.6 Å². The molecule has 17 heteroatoms. The summed E-state index contributed by atoms with van der Waals surface area (Å²) in [6.07, 6.45) is -3.43. The van der Waals surface area contributed by atoms with Crippen LogP contribution in [0.4, 0.5) is 32.6 Å². The summed E-state index contributed by atoms with van der Waals surface area (Å²) >= 11 is 0. The molecule has 0 spiro atoms. The molecule has 3 N–H and O–H groups in total. The molecule has 0 saturated carbocycles. The van der Waals surface area contributed by atoms with Crippen LogP contribution in [0.25, 0.3) is 0 Å². The van der Waals surface area contributed by atoms with Crippen molar-refractivity contribution in [3.05, 3.63) is 70.7 Å². The fraction of sp³-hybridized carbons (Fsp3) is 0.333. The Labute approximate surface area is 228 Å². The van der Waals surface area contributed by atoms with E-state index in [1.54, 1.807) is 0 Å². The van der Waals surface area contributed by atoms with Gasteiger partial charge in [0.2, 0.25) is 0 Å². The highest BCUT2D eigenvalue weighted by atomic mass is 19.4. The number of pyridine rings is 1. The van der Waals surface area contributed by atoms with Gasteiger partial charge >= 0.3 is 12.2 Å². The van der Waals surface area contributed by atoms with Crippen molar-refractivity contribution in [3.8, 4) is 0 Å². The number of nitrogens with zero attached hydrogens (tertiary/aromatic N) is 4. The largest absolute Gasteiger partial charge is 0.410 e. The topological polar surface area (TPSA) is 152 Å². The number of ether oxygens (including phenoxy) is 1. The van der Waals surface area contributed by atoms with Crippen molar-refractivity contribution < 1.29 is 45.7 Å². The number of nitrogens with one attached hydrogen (secondary N) is 3. The van der Waals surface area contributed by atoms with Crippen molar-refractivity contribution in [2.24, 2.45) is 0 Å². The Bertz CT molecular complexity index is 1450. The first-order valence-corrected chi connectivity index (χ1v) is 11.8. The van der Waals surface area contributed by atoms with Crippen molar-refractivity contribution in [2.75, 3.05) is 25.6 Å². The van der Waals surface area contributed by atoms with Crippen molar-refractivity contribution in [1.82, 2.24) is 30.8 Å². The number of methoxy groups -OCH3 is 1. The molecule has 1 fully saturated rings. The molecule has 218 valence electrons. The fourth-order valence-corrected chi connectivity index (χ4v) is 4.09. The van der Waals surface area contributed by atoms with Crippen LogP contribution in [0.5, 0.6) is 0 Å². The molecule has 12 nitrogen and oxygen atoms in total. The molecule has 4 amide bonds. The van der Waals surface area contributed by atoms with Gasteiger partial charge in [-0.25, -0.2) is 23.2 Å². The Kier molecular flexibility index (Phi) is 8.46. The molecule has 2 aromatic heterocycles. The van der Waals surface area contributed by atoms with E-state index >= 15 is 0 Å². The van der Waals surface area contributed by atoms with E-state index in [1.165, 1.54) is 32.4 Å². The van der Waals surface area contributed by atoms with E-state index in [4.69, 9.17) is 4.74 Å². The SMILES string of the molecule is COC[C@H](c1ccnc(NC(=O)[C@@H](NC(=O)c2nonc2C)c2ccc(F)c(F)c2)c1)N1C[C@@H](C(F)(F)F)NC1=O. The summed E-state index contributed by atoms with van der Waals surface area (Å²) in [5.41, 5.74) is -0.0183. The fourth-order valence-electron chi connectivity index (χ4n) is 4.09. The van der Waals surface area contributed by atoms with E-state index in [0.717, 1.165) is 23.1 Å². The van der Waals surface area contributed by atoms with Crippen LogP contribution in [-0.2, 0) is 9.53 Å². The molecule has 41 heavy (non-hydrogen) atoms. The van der Waals surface area contributed by atoms with E-state index < -0.39 is 60.3 Å². The molecule has 1 aliphatic heterocycles. The number of benzene rings is 1. The zero-order valence-corrected chi connectivity index (χ0v) is 21.3. The lowest BCUT2D eigenvalue weighted by molar-refractivity contribution is -0.150. The Hall–Kier alpha value is -4.67. The van der Waals surface area contributed by atoms with E-state index in [9.17, 15) is 36.3 Å². The zero-order valence-electron chi connectivity index (χ0n) is 21.3. The van der Waals surface area contributed by atoms with Crippen LogP contribution in [0.15, 0.2) is 41.2 Å². The number of carbonyl (C=O) groups is 3. The minimum atomic E-state index is -4.67. The summed E-state index contributed by atoms with van der Waals surface area (Å²) in [6.45, 7) is 0.552. The summed E-state index contributed by atoms with van der Waals surface area (Å²) in [5.74, 6) is -4.44. The number of amides is 4. The van der Waals surface area contributed by atoms with E-state index in [2.05, 4.69) is 30.6 Å². The zero-order chi connectivity index (χ0) is 29.9. The Morgan fingerprint density at radius 1 is 1.17 bits per heavy atom. The Morgan fingerprint density at radius 3 is 2.54 bits per heavy atom. The standard InChI is InChI=1S/C24H22F5N7O5/c1-11-19(35-41-34-11)21(37)33-20(13-3-4-14(25)15(26)7-13)22(38)32-18-8-12(5-6-30-18)16(10-40-2)36-9-17(24(27,28)29)31-23(36)39/h3-8,16-17,20H,9-10H2,1-2H3,(H,31,39)(H,33,37)(H,30,32,38)/t16-,17+,20+/m1/s1. The van der Waals surface area contributed by atoms with Gasteiger partial charge in [0.05, 0.1) is 19.2 Å². The number of carbonyl (C=O) groups excluding carboxylic acids is 3. The molecular formula is C24H22F5N7O5. The maximum absolute atomic E-state index is 14.0. The number of rotatable bonds is 9. The van der Waals surface area contributed by atoms with Gasteiger partial charge in [-0.15, -0.1) is 0 Å². The van der Waals surface area contributed by atoms with E-state index in [-0.39, 0.29) is 34.9 Å². The minimum absolute atomic E-state index is 0.101. The van der Waals surface area contributed by atoms with Crippen LogP contribution in [0.2, 0.25) is 0 Å². The van der Waals surface area contributed by atoms with Crippen LogP contribution in [0.1, 0.15) is 39.4 Å². The molecule has 0 unspecified atom stereocenters. The molecule has 1 aromatic carbocycles. The first kappa shape index (κ1) is 29.3. The van der Waals surface area contributed by atoms with E-state index in [0.29, 0.717) is 0 Å². The predicted molar refractivity (Wildman–Crippen MR) is 128 cm³/mol. The number of aryl methyl sites for hydroxylation is 1. The molecule has 3 aromatic rings. The number of aromatic nitrogens is 3. The van der Waals surface area contributed by atoms with Gasteiger partial charge in [-0.05, 0) is 47.5 Å². The lowest BCUT2D eigenvalue weighted by Crippen LogP contribution is -2.40. The number of halogens is 5. The highest BCUT2D eigenvalue weighted by Crippen LogP contribution is 2.31. The maximum Gasteiger partial charge on any atom is 0.410 e. The van der Waals surface area contributed by atoms with Gasteiger partial charge in [0.25, 0.3) is 11.8 Å². The average Bonchev–Trinajstić information content (AvgIpc) is 3.53. The normalized spacial score (nSPS) is 16.7. The number of hydrogen-bond donors (Lipinski definition) is 3. The number of alkyl halides is 3. The van der Waals surface area contributed by atoms with Crippen molar-refractivity contribution in [3.63, 3.8) is 0 Å². The maximum atomic E-state index is 14.0. The lowest BCUT2D eigenvalue weighted by Gasteiger charge is -2.27. The lowest BCUT2D eigenvalue weighted by atomic mass is 10.0. The number of urea groups is 1. The predicted octanol–water partition coefficient (Wildman–Crippen LogP) is 2.80. The third-order valence-electron chi connectivity index (χ3n) is 6.14. The first-order chi connectivity index (χ1) is 19.4. The van der Waals surface area contributed by atoms with Crippen molar-refractivity contribution in [1.29, 1.82) is 0 Å². The van der Waals surface area contributed by atoms with Gasteiger partial charge in [-0.2, -0.15) is 13.2 Å². The van der Waals surface area contributed by atoms with E-state index in [1.807, 2.05) is 5.32 Å². The van der Waals surface area contributed by atoms with Crippen LogP contribution in [0, 0.1) is 18.6 Å². The Morgan fingerprint density at radius 2 is 1.93 bits per heavy atom. The molecule has 1 aliphatic rings. The quantitative estimate of drug-likeness (QED) is 0.326. The van der Waals surface area contributed by atoms with Gasteiger partial charge in [-0.3, -0.25) is 9.59 Å². The molecule has 3 heterocycles. The van der Waals surface area contributed by atoms with Crippen LogP contribution >= 0.6 is 0 Å². The smallest absolute Gasteiger partial charge is 0.382 e. The third kappa shape index (κ3) is 6.56. The molecule has 3 atom stereocenters. The molecule has 0 aliphatic carbocycles. The highest BCUT2D eigenvalue weighted by molar-refractivity contribution is 6.00. The van der Waals surface area contributed by atoms with Gasteiger partial charge in [-0.1, -0.05) is 11.2 Å². The Balaban J connectivity index is 1.60. The van der Waals surface area contributed by atoms with Gasteiger partial charge < -0.3 is 25.6 Å². The third-order valence-corrected chi connectivity index (χ3v) is 6.14. The molecular weight excluding hydrogens is 561 g/mol. The summed E-state index contributed by atoms with van der Waals surface area (Å²) in [7, 11) is 1.30. The molecule has 1 saturated heterocycles. The summed E-state index contributed by atoms with van der Waals surface area (Å²) in [6, 6.07) is -0.346. The summed E-state index contributed by atoms with van der Waals surface area (Å²) < 4.78 is 76.8. The van der Waals surface area contributed by atoms with Crippen LogP contribution in [0.3, 0.4) is 0 Å². The minimum Gasteiger partial charge on any atom is -0.382 e.